The van der Waals surface area contributed by atoms with E-state index in [1.807, 2.05) is 31.2 Å². The van der Waals surface area contributed by atoms with Gasteiger partial charge in [0.2, 0.25) is 0 Å². The third-order valence-corrected chi connectivity index (χ3v) is 12.6. The average molecular weight is 935 g/mol. The van der Waals surface area contributed by atoms with Crippen molar-refractivity contribution in [3.63, 3.8) is 0 Å². The summed E-state index contributed by atoms with van der Waals surface area (Å²) in [6.07, 6.45) is 10.8. The smallest absolute Gasteiger partial charge is 0.335 e. The molecule has 14 nitrogen and oxygen atoms in total. The predicted octanol–water partition coefficient (Wildman–Crippen LogP) is 9.42. The Morgan fingerprint density at radius 3 is 1.59 bits per heavy atom. The Balaban J connectivity index is 0.879. The second-order valence-corrected chi connectivity index (χ2v) is 17.7. The lowest BCUT2D eigenvalue weighted by molar-refractivity contribution is -0.153. The Hall–Kier alpha value is -6.57. The molecule has 0 amide bonds. The van der Waals surface area contributed by atoms with Crippen LogP contribution in [0.2, 0.25) is 0 Å². The highest BCUT2D eigenvalue weighted by Gasteiger charge is 2.37. The van der Waals surface area contributed by atoms with E-state index in [9.17, 15) is 33.6 Å². The minimum Gasteiger partial charge on any atom is -0.494 e. The van der Waals surface area contributed by atoms with Gasteiger partial charge in [-0.1, -0.05) is 44.3 Å². The van der Waals surface area contributed by atoms with Gasteiger partial charge in [0.15, 0.2) is 5.78 Å². The number of carbonyl (C=O) groups excluding carboxylic acids is 7. The summed E-state index contributed by atoms with van der Waals surface area (Å²) >= 11 is 0. The fourth-order valence-electron chi connectivity index (χ4n) is 8.83. The van der Waals surface area contributed by atoms with Gasteiger partial charge in [-0.25, -0.2) is 9.59 Å². The zero-order chi connectivity index (χ0) is 48.4. The normalized spacial score (nSPS) is 19.7. The number of benzene rings is 3. The zero-order valence-corrected chi connectivity index (χ0v) is 38.9. The van der Waals surface area contributed by atoms with Gasteiger partial charge in [-0.05, 0) is 143 Å². The van der Waals surface area contributed by atoms with Crippen LogP contribution in [-0.2, 0) is 55.8 Å². The van der Waals surface area contributed by atoms with Gasteiger partial charge in [-0.3, -0.25) is 24.0 Å². The summed E-state index contributed by atoms with van der Waals surface area (Å²) in [6.45, 7) is 9.60. The van der Waals surface area contributed by atoms with Crippen LogP contribution in [0.25, 0.3) is 0 Å². The van der Waals surface area contributed by atoms with Crippen LogP contribution in [-0.4, -0.2) is 67.0 Å². The second kappa shape index (κ2) is 25.5. The van der Waals surface area contributed by atoms with E-state index in [4.69, 9.17) is 33.2 Å². The molecule has 3 aromatic rings. The maximum atomic E-state index is 13.4. The van der Waals surface area contributed by atoms with Gasteiger partial charge in [-0.2, -0.15) is 0 Å². The molecule has 2 saturated carbocycles. The molecule has 3 aromatic carbocycles. The summed E-state index contributed by atoms with van der Waals surface area (Å²) < 4.78 is 39.2. The molecule has 3 aliphatic rings. The van der Waals surface area contributed by atoms with Gasteiger partial charge in [0.25, 0.3) is 0 Å². The van der Waals surface area contributed by atoms with Crippen molar-refractivity contribution in [1.82, 2.24) is 0 Å². The summed E-state index contributed by atoms with van der Waals surface area (Å²) in [5.41, 5.74) is 2.69. The first-order valence-corrected chi connectivity index (χ1v) is 23.9. The highest BCUT2D eigenvalue weighted by atomic mass is 16.6. The van der Waals surface area contributed by atoms with Crippen molar-refractivity contribution in [3.8, 4) is 23.0 Å². The molecule has 1 atom stereocenters. The third kappa shape index (κ3) is 15.2. The lowest BCUT2D eigenvalue weighted by Crippen LogP contribution is -2.30. The quantitative estimate of drug-likeness (QED) is 0.0288. The number of rotatable bonds is 23. The summed E-state index contributed by atoms with van der Waals surface area (Å²) in [5, 5.41) is 0. The van der Waals surface area contributed by atoms with Crippen LogP contribution < -0.4 is 18.9 Å². The number of esters is 6. The van der Waals surface area contributed by atoms with Crippen molar-refractivity contribution in [1.29, 1.82) is 0 Å². The molecule has 68 heavy (non-hydrogen) atoms. The van der Waals surface area contributed by atoms with Crippen molar-refractivity contribution in [2.24, 2.45) is 11.8 Å². The van der Waals surface area contributed by atoms with Crippen LogP contribution in [0.4, 0.5) is 0 Å². The molecule has 0 heterocycles. The van der Waals surface area contributed by atoms with E-state index in [0.29, 0.717) is 88.7 Å². The molecule has 1 unspecified atom stereocenters. The van der Waals surface area contributed by atoms with Gasteiger partial charge < -0.3 is 33.2 Å². The Kier molecular flexibility index (Phi) is 19.1. The highest BCUT2D eigenvalue weighted by Crippen LogP contribution is 2.45. The molecule has 0 aromatic heterocycles. The fraction of sp³-hybridized carbons (Fsp3) is 0.463. The molecule has 0 radical (unpaired) electrons. The summed E-state index contributed by atoms with van der Waals surface area (Å²) in [5.74, 6) is -2.15. The SMILES string of the molecule is C=CC(=O)OCCCCCCOc1ccc(CCC(=O)OC2CCC(C(=O)Oc3ccc(OC(=O)C4CCC(OC(=O)CCc5ccc(OC(=O)C=C)cc5)CC4)c4c3C(=O)CC4C)CC2)cc1. The van der Waals surface area contributed by atoms with E-state index in [2.05, 4.69) is 13.2 Å². The van der Waals surface area contributed by atoms with Gasteiger partial charge in [0.1, 0.15) is 35.2 Å². The molecule has 0 spiro atoms. The number of aryl methyl sites for hydroxylation is 2. The standard InChI is InChI=1S/C54H62O14/c1-4-47(56)63-33-9-7-6-8-32-62-40-20-10-36(11-21-40)14-30-49(58)65-43-26-18-39(19-27-43)54(61)68-46-29-28-45(51-35(3)34-44(55)52(46)51)67-53(60)38-16-24-42(25-17-38)66-50(59)31-15-37-12-22-41(23-13-37)64-48(57)5-2/h4-5,10-13,20-23,28-29,35,38-39,42-43H,1-2,6-9,14-19,24-27,30-34H2,3H3. The van der Waals surface area contributed by atoms with Gasteiger partial charge >= 0.3 is 35.8 Å². The van der Waals surface area contributed by atoms with Crippen molar-refractivity contribution in [2.75, 3.05) is 13.2 Å². The second-order valence-electron chi connectivity index (χ2n) is 17.7. The topological polar surface area (TPSA) is 184 Å². The Labute approximate surface area is 397 Å². The summed E-state index contributed by atoms with van der Waals surface area (Å²) in [6, 6.07) is 17.6. The van der Waals surface area contributed by atoms with Crippen LogP contribution >= 0.6 is 0 Å². The Bertz CT molecular complexity index is 2260. The van der Waals surface area contributed by atoms with Gasteiger partial charge in [0.05, 0.1) is 30.6 Å². The van der Waals surface area contributed by atoms with Crippen LogP contribution in [0.3, 0.4) is 0 Å². The molecule has 0 aliphatic heterocycles. The maximum Gasteiger partial charge on any atom is 0.335 e. The Morgan fingerprint density at radius 1 is 0.574 bits per heavy atom. The number of unbranched alkanes of at least 4 members (excludes halogenated alkanes) is 3. The number of fused-ring (bicyclic) bond motifs is 1. The molecular formula is C54H62O14. The van der Waals surface area contributed by atoms with Crippen LogP contribution in [0.1, 0.15) is 136 Å². The molecule has 2 fully saturated rings. The maximum absolute atomic E-state index is 13.4. The summed E-state index contributed by atoms with van der Waals surface area (Å²) in [7, 11) is 0. The minimum atomic E-state index is -0.550. The lowest BCUT2D eigenvalue weighted by atomic mass is 9.87. The largest absolute Gasteiger partial charge is 0.494 e. The number of hydrogen-bond donors (Lipinski definition) is 0. The first kappa shape index (κ1) is 50.8. The third-order valence-electron chi connectivity index (χ3n) is 12.6. The molecule has 0 N–H and O–H groups in total. The molecule has 362 valence electrons. The van der Waals surface area contributed by atoms with Crippen molar-refractivity contribution in [2.45, 2.75) is 134 Å². The first-order valence-electron chi connectivity index (χ1n) is 23.9. The molecule has 14 heteroatoms. The molecule has 6 rings (SSSR count). The summed E-state index contributed by atoms with van der Waals surface area (Å²) in [4.78, 5) is 88.0. The Morgan fingerprint density at radius 2 is 1.06 bits per heavy atom. The monoisotopic (exact) mass is 934 g/mol. The number of ether oxygens (including phenoxy) is 7. The van der Waals surface area contributed by atoms with E-state index in [1.165, 1.54) is 6.07 Å². The number of hydrogen-bond acceptors (Lipinski definition) is 14. The van der Waals surface area contributed by atoms with Gasteiger partial charge in [0, 0.05) is 37.0 Å². The molecule has 0 saturated heterocycles. The lowest BCUT2D eigenvalue weighted by Gasteiger charge is -2.28. The zero-order valence-electron chi connectivity index (χ0n) is 38.9. The van der Waals surface area contributed by atoms with Crippen LogP contribution in [0.15, 0.2) is 86.0 Å². The van der Waals surface area contributed by atoms with Crippen LogP contribution in [0.5, 0.6) is 23.0 Å². The van der Waals surface area contributed by atoms with Crippen molar-refractivity contribution >= 4 is 41.6 Å². The molecule has 0 bridgehead atoms. The minimum absolute atomic E-state index is 0.151. The fourth-order valence-corrected chi connectivity index (χ4v) is 8.83. The van der Waals surface area contributed by atoms with E-state index >= 15 is 0 Å². The number of Topliss-reactive ketones (excluding diaryl/α,β-unsaturated/α-hetero) is 1. The average Bonchev–Trinajstić information content (AvgIpc) is 3.66. The van der Waals surface area contributed by atoms with Crippen molar-refractivity contribution in [3.05, 3.63) is 108 Å². The van der Waals surface area contributed by atoms with E-state index < -0.39 is 35.7 Å². The van der Waals surface area contributed by atoms with E-state index in [0.717, 1.165) is 54.7 Å². The first-order chi connectivity index (χ1) is 32.9. The van der Waals surface area contributed by atoms with Crippen molar-refractivity contribution < 1.29 is 66.7 Å². The number of ketones is 1. The van der Waals surface area contributed by atoms with Gasteiger partial charge in [-0.15, -0.1) is 0 Å². The molecular weight excluding hydrogens is 873 g/mol. The predicted molar refractivity (Wildman–Crippen MR) is 249 cm³/mol. The van der Waals surface area contributed by atoms with E-state index in [-0.39, 0.29) is 72.2 Å². The van der Waals surface area contributed by atoms with E-state index in [1.54, 1.807) is 30.3 Å². The molecule has 3 aliphatic carbocycles. The highest BCUT2D eigenvalue weighted by molar-refractivity contribution is 6.05. The number of carbonyl (C=O) groups is 7. The van der Waals surface area contributed by atoms with Crippen LogP contribution in [0, 0.1) is 11.8 Å².